The van der Waals surface area contributed by atoms with Crippen LogP contribution in [0.5, 0.6) is 0 Å². The van der Waals surface area contributed by atoms with Gasteiger partial charge in [0.25, 0.3) is 5.91 Å². The van der Waals surface area contributed by atoms with Crippen LogP contribution in [-0.4, -0.2) is 28.1 Å². The summed E-state index contributed by atoms with van der Waals surface area (Å²) in [6, 6.07) is 9.07. The van der Waals surface area contributed by atoms with Gasteiger partial charge in [-0.1, -0.05) is 22.9 Å². The van der Waals surface area contributed by atoms with E-state index in [-0.39, 0.29) is 5.91 Å². The molecule has 0 saturated carbocycles. The zero-order chi connectivity index (χ0) is 17.8. The Kier molecular flexibility index (Phi) is 5.80. The second kappa shape index (κ2) is 8.05. The molecule has 0 radical (unpaired) electrons. The van der Waals surface area contributed by atoms with Crippen LogP contribution in [0.4, 0.5) is 5.69 Å². The average Bonchev–Trinajstić information content (AvgIpc) is 3.19. The number of hydrogen-bond acceptors (Lipinski definition) is 6. The molecule has 0 aliphatic heterocycles. The van der Waals surface area contributed by atoms with Crippen molar-refractivity contribution in [2.45, 2.75) is 20.0 Å². The van der Waals surface area contributed by atoms with Gasteiger partial charge in [0, 0.05) is 22.1 Å². The highest BCUT2D eigenvalue weighted by Gasteiger charge is 2.15. The maximum absolute atomic E-state index is 12.3. The van der Waals surface area contributed by atoms with Gasteiger partial charge in [-0.3, -0.25) is 9.69 Å². The number of carbonyl (C=O) groups excluding carboxylic acids is 1. The number of nitrogens with one attached hydrogen (secondary N) is 1. The monoisotopic (exact) mass is 392 g/mol. The van der Waals surface area contributed by atoms with Crippen molar-refractivity contribution in [1.82, 2.24) is 15.1 Å². The normalized spacial score (nSPS) is 11.0. The number of hydrogen-bond donors (Lipinski definition) is 1. The van der Waals surface area contributed by atoms with Crippen LogP contribution in [0.15, 0.2) is 35.7 Å². The van der Waals surface area contributed by atoms with E-state index in [0.717, 1.165) is 11.6 Å². The molecule has 0 saturated heterocycles. The van der Waals surface area contributed by atoms with Crippen LogP contribution < -0.4 is 5.32 Å². The van der Waals surface area contributed by atoms with Crippen molar-refractivity contribution in [3.63, 3.8) is 0 Å². The van der Waals surface area contributed by atoms with E-state index in [0.29, 0.717) is 22.3 Å². The van der Waals surface area contributed by atoms with Gasteiger partial charge in [-0.25, -0.2) is 0 Å². The Labute approximate surface area is 159 Å². The number of halogens is 1. The summed E-state index contributed by atoms with van der Waals surface area (Å²) in [7, 11) is 2.04. The lowest BCUT2D eigenvalue weighted by molar-refractivity contribution is 0.102. The minimum atomic E-state index is -0.261. The lowest BCUT2D eigenvalue weighted by Gasteiger charge is -2.13. The lowest BCUT2D eigenvalue weighted by atomic mass is 10.3. The first-order chi connectivity index (χ1) is 12.0. The van der Waals surface area contributed by atoms with Gasteiger partial charge in [0.1, 0.15) is 5.01 Å². The van der Waals surface area contributed by atoms with Crippen molar-refractivity contribution in [2.24, 2.45) is 0 Å². The quantitative estimate of drug-likeness (QED) is 0.673. The molecule has 3 aromatic rings. The van der Waals surface area contributed by atoms with Crippen molar-refractivity contribution in [3.05, 3.63) is 61.2 Å². The third-order valence-corrected chi connectivity index (χ3v) is 5.72. The zero-order valence-electron chi connectivity index (χ0n) is 13.8. The first-order valence-corrected chi connectivity index (χ1v) is 9.69. The van der Waals surface area contributed by atoms with E-state index < -0.39 is 0 Å². The van der Waals surface area contributed by atoms with Crippen LogP contribution in [0.25, 0.3) is 0 Å². The van der Waals surface area contributed by atoms with E-state index in [1.54, 1.807) is 35.6 Å². The maximum Gasteiger partial charge on any atom is 0.286 e. The molecule has 0 unspecified atom stereocenters. The average molecular weight is 393 g/mol. The molecule has 0 atom stereocenters. The number of nitrogens with zero attached hydrogens (tertiary/aromatic N) is 3. The molecule has 5 nitrogen and oxygen atoms in total. The highest BCUT2D eigenvalue weighted by molar-refractivity contribution is 7.13. The Bertz CT molecular complexity index is 860. The molecule has 0 fully saturated rings. The Morgan fingerprint density at radius 1 is 1.20 bits per heavy atom. The highest BCUT2D eigenvalue weighted by atomic mass is 35.5. The van der Waals surface area contributed by atoms with Gasteiger partial charge >= 0.3 is 0 Å². The number of aromatic nitrogens is 2. The summed E-state index contributed by atoms with van der Waals surface area (Å²) >= 11 is 8.90. The molecule has 0 spiro atoms. The number of rotatable bonds is 6. The fraction of sp³-hybridized carbons (Fsp3) is 0.235. The first-order valence-electron chi connectivity index (χ1n) is 7.62. The summed E-state index contributed by atoms with van der Waals surface area (Å²) in [5.74, 6) is -0.261. The molecular formula is C17H17ClN4OS2. The topological polar surface area (TPSA) is 58.1 Å². The lowest BCUT2D eigenvalue weighted by Crippen LogP contribution is -2.16. The van der Waals surface area contributed by atoms with Crippen molar-refractivity contribution >= 4 is 45.9 Å². The molecule has 8 heteroatoms. The Morgan fingerprint density at radius 3 is 2.64 bits per heavy atom. The number of amides is 1. The van der Waals surface area contributed by atoms with Crippen molar-refractivity contribution in [1.29, 1.82) is 0 Å². The van der Waals surface area contributed by atoms with Crippen molar-refractivity contribution in [2.75, 3.05) is 12.4 Å². The predicted molar refractivity (Wildman–Crippen MR) is 104 cm³/mol. The third kappa shape index (κ3) is 4.85. The van der Waals surface area contributed by atoms with Crippen LogP contribution in [0, 0.1) is 6.92 Å². The summed E-state index contributed by atoms with van der Waals surface area (Å²) in [4.78, 5) is 15.8. The summed E-state index contributed by atoms with van der Waals surface area (Å²) in [6.45, 7) is 3.63. The number of benzene rings is 1. The first kappa shape index (κ1) is 18.0. The smallest absolute Gasteiger partial charge is 0.286 e. The zero-order valence-corrected chi connectivity index (χ0v) is 16.2. The van der Waals surface area contributed by atoms with Crippen LogP contribution >= 0.6 is 34.3 Å². The van der Waals surface area contributed by atoms with Gasteiger partial charge in [0.05, 0.1) is 6.54 Å². The number of anilines is 1. The van der Waals surface area contributed by atoms with E-state index in [2.05, 4.69) is 38.8 Å². The molecule has 0 bridgehead atoms. The van der Waals surface area contributed by atoms with Crippen molar-refractivity contribution in [3.8, 4) is 0 Å². The standard InChI is InChI=1S/C17H17ClN4OS2/c1-11-7-8-24-14(11)9-22(2)10-15-20-21-17(25-15)16(23)19-13-5-3-12(18)4-6-13/h3-8H,9-10H2,1-2H3,(H,19,23). The van der Waals surface area contributed by atoms with Gasteiger partial charge in [-0.2, -0.15) is 0 Å². The molecular weight excluding hydrogens is 376 g/mol. The maximum atomic E-state index is 12.3. The number of aryl methyl sites for hydroxylation is 1. The minimum absolute atomic E-state index is 0.261. The third-order valence-electron chi connectivity index (χ3n) is 3.55. The van der Waals surface area contributed by atoms with E-state index in [4.69, 9.17) is 11.6 Å². The molecule has 2 heterocycles. The summed E-state index contributed by atoms with van der Waals surface area (Å²) in [6.07, 6.45) is 0. The van der Waals surface area contributed by atoms with Gasteiger partial charge in [-0.15, -0.1) is 21.5 Å². The van der Waals surface area contributed by atoms with Gasteiger partial charge in [0.2, 0.25) is 5.01 Å². The minimum Gasteiger partial charge on any atom is -0.320 e. The van der Waals surface area contributed by atoms with Crippen LogP contribution in [0.1, 0.15) is 25.3 Å². The second-order valence-corrected chi connectivity index (χ2v) is 8.16. The molecule has 1 amide bonds. The largest absolute Gasteiger partial charge is 0.320 e. The molecule has 25 heavy (non-hydrogen) atoms. The Hall–Kier alpha value is -1.80. The number of thiophene rings is 1. The van der Waals surface area contributed by atoms with Crippen LogP contribution in [-0.2, 0) is 13.1 Å². The van der Waals surface area contributed by atoms with Crippen LogP contribution in [0.3, 0.4) is 0 Å². The molecule has 1 aromatic carbocycles. The molecule has 3 rings (SSSR count). The summed E-state index contributed by atoms with van der Waals surface area (Å²) in [5.41, 5.74) is 1.98. The highest BCUT2D eigenvalue weighted by Crippen LogP contribution is 2.20. The predicted octanol–water partition coefficient (Wildman–Crippen LogP) is 4.45. The van der Waals surface area contributed by atoms with E-state index in [1.807, 2.05) is 7.05 Å². The van der Waals surface area contributed by atoms with E-state index in [9.17, 15) is 4.79 Å². The summed E-state index contributed by atoms with van der Waals surface area (Å²) < 4.78 is 0. The molecule has 1 N–H and O–H groups in total. The van der Waals surface area contributed by atoms with Gasteiger partial charge in [0.15, 0.2) is 0 Å². The van der Waals surface area contributed by atoms with Gasteiger partial charge < -0.3 is 5.32 Å². The van der Waals surface area contributed by atoms with Crippen molar-refractivity contribution < 1.29 is 4.79 Å². The van der Waals surface area contributed by atoms with Gasteiger partial charge in [-0.05, 0) is 55.2 Å². The fourth-order valence-electron chi connectivity index (χ4n) is 2.23. The molecule has 2 aromatic heterocycles. The SMILES string of the molecule is Cc1ccsc1CN(C)Cc1nnc(C(=O)Nc2ccc(Cl)cc2)s1. The number of carbonyl (C=O) groups is 1. The van der Waals surface area contributed by atoms with Crippen LogP contribution in [0.2, 0.25) is 5.02 Å². The van der Waals surface area contributed by atoms with E-state index in [1.165, 1.54) is 21.8 Å². The molecule has 130 valence electrons. The second-order valence-electron chi connectivity index (χ2n) is 5.66. The Balaban J connectivity index is 1.58. The van der Waals surface area contributed by atoms with E-state index >= 15 is 0 Å². The molecule has 0 aliphatic carbocycles. The molecule has 0 aliphatic rings. The summed E-state index contributed by atoms with van der Waals surface area (Å²) in [5, 5.41) is 14.8. The Morgan fingerprint density at radius 2 is 1.96 bits per heavy atom. The fourth-order valence-corrected chi connectivity index (χ4v) is 4.15.